The number of carbonyl (C=O) groups is 2. The molecule has 0 saturated heterocycles. The maximum atomic E-state index is 12.2. The van der Waals surface area contributed by atoms with Crippen molar-refractivity contribution in [3.8, 4) is 21.7 Å². The van der Waals surface area contributed by atoms with Crippen LogP contribution >= 0.6 is 22.9 Å². The van der Waals surface area contributed by atoms with Crippen molar-refractivity contribution in [1.29, 1.82) is 0 Å². The largest absolute Gasteiger partial charge is 0.480 e. The van der Waals surface area contributed by atoms with Gasteiger partial charge in [-0.05, 0) is 50.1 Å². The lowest BCUT2D eigenvalue weighted by molar-refractivity contribution is -0.145. The zero-order valence-corrected chi connectivity index (χ0v) is 17.9. The lowest BCUT2D eigenvalue weighted by atomic mass is 9.98. The maximum absolute atomic E-state index is 12.2. The van der Waals surface area contributed by atoms with Crippen LogP contribution in [0.15, 0.2) is 47.8 Å². The van der Waals surface area contributed by atoms with Gasteiger partial charge in [0.05, 0.1) is 12.1 Å². The third-order valence-corrected chi connectivity index (χ3v) is 5.58. The maximum Gasteiger partial charge on any atom is 0.328 e. The SMILES string of the molecule is Cc1cccc(-c2cc(Cl)ccc2-c2nc(CC(=O)NC(C)(C)C(=O)O)cs2)c1. The van der Waals surface area contributed by atoms with E-state index in [0.717, 1.165) is 27.3 Å². The molecular weight excluding hydrogens is 408 g/mol. The molecule has 3 rings (SSSR count). The molecule has 0 unspecified atom stereocenters. The van der Waals surface area contributed by atoms with Gasteiger partial charge in [0.1, 0.15) is 10.5 Å². The van der Waals surface area contributed by atoms with E-state index in [1.54, 1.807) is 0 Å². The van der Waals surface area contributed by atoms with E-state index in [2.05, 4.69) is 16.4 Å². The number of nitrogens with one attached hydrogen (secondary N) is 1. The molecule has 29 heavy (non-hydrogen) atoms. The topological polar surface area (TPSA) is 79.3 Å². The summed E-state index contributed by atoms with van der Waals surface area (Å²) in [5, 5.41) is 14.9. The molecule has 2 aromatic carbocycles. The van der Waals surface area contributed by atoms with Crippen LogP contribution in [0, 0.1) is 6.92 Å². The molecule has 150 valence electrons. The molecule has 1 heterocycles. The summed E-state index contributed by atoms with van der Waals surface area (Å²) in [6.45, 7) is 4.93. The summed E-state index contributed by atoms with van der Waals surface area (Å²) in [4.78, 5) is 28.0. The number of aromatic nitrogens is 1. The smallest absolute Gasteiger partial charge is 0.328 e. The van der Waals surface area contributed by atoms with E-state index in [9.17, 15) is 9.59 Å². The van der Waals surface area contributed by atoms with Gasteiger partial charge in [0.15, 0.2) is 0 Å². The molecule has 0 spiro atoms. The summed E-state index contributed by atoms with van der Waals surface area (Å²) in [7, 11) is 0. The number of rotatable bonds is 6. The molecule has 3 aromatic rings. The van der Waals surface area contributed by atoms with Crippen LogP contribution in [0.25, 0.3) is 21.7 Å². The van der Waals surface area contributed by atoms with Gasteiger partial charge in [-0.25, -0.2) is 9.78 Å². The summed E-state index contributed by atoms with van der Waals surface area (Å²) in [6.07, 6.45) is 0.0145. The van der Waals surface area contributed by atoms with E-state index in [1.165, 1.54) is 25.2 Å². The predicted octanol–water partition coefficient (Wildman–Crippen LogP) is 4.96. The van der Waals surface area contributed by atoms with E-state index < -0.39 is 11.5 Å². The summed E-state index contributed by atoms with van der Waals surface area (Å²) in [6, 6.07) is 13.8. The molecule has 0 aliphatic carbocycles. The molecule has 1 amide bonds. The molecule has 7 heteroatoms. The monoisotopic (exact) mass is 428 g/mol. The third-order valence-electron chi connectivity index (χ3n) is 4.42. The standard InChI is InChI=1S/C22H21ClN2O3S/c1-13-5-4-6-14(9-13)18-10-15(23)7-8-17(18)20-24-16(12-29-20)11-19(26)25-22(2,3)21(27)28/h4-10,12H,11H2,1-3H3,(H,25,26)(H,27,28). The zero-order valence-electron chi connectivity index (χ0n) is 16.3. The minimum absolute atomic E-state index is 0.0145. The fourth-order valence-corrected chi connectivity index (χ4v) is 3.91. The van der Waals surface area contributed by atoms with Crippen molar-refractivity contribution in [2.24, 2.45) is 0 Å². The van der Waals surface area contributed by atoms with Crippen molar-refractivity contribution in [1.82, 2.24) is 10.3 Å². The second-order valence-electron chi connectivity index (χ2n) is 7.36. The highest BCUT2D eigenvalue weighted by Crippen LogP contribution is 2.36. The highest BCUT2D eigenvalue weighted by atomic mass is 35.5. The molecule has 0 bridgehead atoms. The van der Waals surface area contributed by atoms with Crippen molar-refractivity contribution < 1.29 is 14.7 Å². The molecule has 0 fully saturated rings. The first-order valence-electron chi connectivity index (χ1n) is 9.01. The van der Waals surface area contributed by atoms with E-state index in [-0.39, 0.29) is 12.3 Å². The van der Waals surface area contributed by atoms with E-state index in [1.807, 2.05) is 48.7 Å². The minimum atomic E-state index is -1.33. The Hall–Kier alpha value is -2.70. The summed E-state index contributed by atoms with van der Waals surface area (Å²) in [5.74, 6) is -1.47. The van der Waals surface area contributed by atoms with Crippen LogP contribution in [0.2, 0.25) is 5.02 Å². The van der Waals surface area contributed by atoms with Gasteiger partial charge in [-0.2, -0.15) is 0 Å². The molecular formula is C22H21ClN2O3S. The van der Waals surface area contributed by atoms with Gasteiger partial charge in [-0.15, -0.1) is 11.3 Å². The summed E-state index contributed by atoms with van der Waals surface area (Å²) < 4.78 is 0. The van der Waals surface area contributed by atoms with Gasteiger partial charge in [0.2, 0.25) is 5.91 Å². The zero-order chi connectivity index (χ0) is 21.2. The number of hydrogen-bond acceptors (Lipinski definition) is 4. The number of nitrogens with zero attached hydrogens (tertiary/aromatic N) is 1. The Labute approximate surface area is 178 Å². The third kappa shape index (κ3) is 5.02. The average Bonchev–Trinajstić information content (AvgIpc) is 3.09. The van der Waals surface area contributed by atoms with Crippen molar-refractivity contribution in [3.63, 3.8) is 0 Å². The second-order valence-corrected chi connectivity index (χ2v) is 8.65. The van der Waals surface area contributed by atoms with Crippen LogP contribution in [0.4, 0.5) is 0 Å². The van der Waals surface area contributed by atoms with Crippen molar-refractivity contribution in [2.75, 3.05) is 0 Å². The lowest BCUT2D eigenvalue weighted by Crippen LogP contribution is -2.50. The highest BCUT2D eigenvalue weighted by molar-refractivity contribution is 7.13. The minimum Gasteiger partial charge on any atom is -0.480 e. The lowest BCUT2D eigenvalue weighted by Gasteiger charge is -2.20. The van der Waals surface area contributed by atoms with E-state index >= 15 is 0 Å². The van der Waals surface area contributed by atoms with E-state index in [0.29, 0.717) is 10.7 Å². The van der Waals surface area contributed by atoms with Gasteiger partial charge >= 0.3 is 5.97 Å². The van der Waals surface area contributed by atoms with Gasteiger partial charge in [0.25, 0.3) is 0 Å². The number of thiazole rings is 1. The number of carboxylic acid groups (broad SMARTS) is 1. The first kappa shape index (κ1) is 21.0. The van der Waals surface area contributed by atoms with Crippen LogP contribution in [0.3, 0.4) is 0 Å². The second kappa shape index (κ2) is 8.35. The fraction of sp³-hybridized carbons (Fsp3) is 0.227. The number of amides is 1. The number of aryl methyl sites for hydroxylation is 1. The Morgan fingerprint density at radius 1 is 1.17 bits per heavy atom. The van der Waals surface area contributed by atoms with E-state index in [4.69, 9.17) is 16.7 Å². The quantitative estimate of drug-likeness (QED) is 0.581. The molecule has 0 saturated carbocycles. The number of halogens is 1. The number of carboxylic acids is 1. The number of benzene rings is 2. The Morgan fingerprint density at radius 2 is 1.93 bits per heavy atom. The first-order chi connectivity index (χ1) is 13.7. The van der Waals surface area contributed by atoms with Crippen LogP contribution in [-0.2, 0) is 16.0 Å². The molecule has 5 nitrogen and oxygen atoms in total. The van der Waals surface area contributed by atoms with Gasteiger partial charge in [-0.3, -0.25) is 4.79 Å². The number of hydrogen-bond donors (Lipinski definition) is 2. The Bertz CT molecular complexity index is 1080. The van der Waals surface area contributed by atoms with Crippen molar-refractivity contribution in [3.05, 3.63) is 64.1 Å². The van der Waals surface area contributed by atoms with Gasteiger partial charge in [-0.1, -0.05) is 41.4 Å². The molecule has 0 radical (unpaired) electrons. The number of carbonyl (C=O) groups excluding carboxylic acids is 1. The Kier molecular flexibility index (Phi) is 6.05. The molecule has 1 aromatic heterocycles. The Morgan fingerprint density at radius 3 is 2.62 bits per heavy atom. The van der Waals surface area contributed by atoms with Crippen molar-refractivity contribution >= 4 is 34.8 Å². The summed E-state index contributed by atoms with van der Waals surface area (Å²) in [5.41, 5.74) is 3.35. The predicted molar refractivity (Wildman–Crippen MR) is 116 cm³/mol. The molecule has 0 aliphatic heterocycles. The van der Waals surface area contributed by atoms with Gasteiger partial charge < -0.3 is 10.4 Å². The van der Waals surface area contributed by atoms with Crippen LogP contribution in [0.5, 0.6) is 0 Å². The van der Waals surface area contributed by atoms with Gasteiger partial charge in [0, 0.05) is 16.0 Å². The normalized spacial score (nSPS) is 11.3. The van der Waals surface area contributed by atoms with Crippen LogP contribution in [-0.4, -0.2) is 27.5 Å². The molecule has 0 aliphatic rings. The Balaban J connectivity index is 1.88. The van der Waals surface area contributed by atoms with Crippen LogP contribution in [0.1, 0.15) is 25.1 Å². The first-order valence-corrected chi connectivity index (χ1v) is 10.3. The molecule has 2 N–H and O–H groups in total. The van der Waals surface area contributed by atoms with Crippen LogP contribution < -0.4 is 5.32 Å². The average molecular weight is 429 g/mol. The molecule has 0 atom stereocenters. The highest BCUT2D eigenvalue weighted by Gasteiger charge is 2.29. The van der Waals surface area contributed by atoms with Crippen molar-refractivity contribution in [2.45, 2.75) is 32.7 Å². The fourth-order valence-electron chi connectivity index (χ4n) is 2.88. The number of aliphatic carboxylic acids is 1. The summed E-state index contributed by atoms with van der Waals surface area (Å²) >= 11 is 7.67.